The van der Waals surface area contributed by atoms with Gasteiger partial charge in [0.1, 0.15) is 5.75 Å². The molecule has 0 saturated heterocycles. The van der Waals surface area contributed by atoms with Crippen molar-refractivity contribution in [3.8, 4) is 5.75 Å². The lowest BCUT2D eigenvalue weighted by Crippen LogP contribution is -2.16. The van der Waals surface area contributed by atoms with Gasteiger partial charge in [-0.3, -0.25) is 0 Å². The van der Waals surface area contributed by atoms with E-state index in [-0.39, 0.29) is 0 Å². The van der Waals surface area contributed by atoms with E-state index in [0.29, 0.717) is 0 Å². The summed E-state index contributed by atoms with van der Waals surface area (Å²) in [4.78, 5) is 0. The fourth-order valence-corrected chi connectivity index (χ4v) is 3.45. The van der Waals surface area contributed by atoms with Crippen LogP contribution in [0.3, 0.4) is 0 Å². The zero-order valence-electron chi connectivity index (χ0n) is 17.3. The Morgan fingerprint density at radius 2 is 1.23 bits per heavy atom. The Morgan fingerprint density at radius 3 is 1.77 bits per heavy atom. The highest BCUT2D eigenvalue weighted by molar-refractivity contribution is 5.33. The van der Waals surface area contributed by atoms with Crippen molar-refractivity contribution in [3.05, 3.63) is 29.8 Å². The average molecular weight is 363 g/mol. The van der Waals surface area contributed by atoms with Gasteiger partial charge in [-0.15, -0.1) is 0 Å². The summed E-state index contributed by atoms with van der Waals surface area (Å²) >= 11 is 0. The summed E-state index contributed by atoms with van der Waals surface area (Å²) in [6.45, 7) is 4.39. The van der Waals surface area contributed by atoms with Crippen molar-refractivity contribution < 1.29 is 9.84 Å². The molecule has 0 aliphatic heterocycles. The smallest absolute Gasteiger partial charge is 0.197 e. The lowest BCUT2D eigenvalue weighted by atomic mass is 10.0. The number of aliphatic hydroxyl groups excluding tert-OH is 1. The van der Waals surface area contributed by atoms with Crippen LogP contribution in [0.2, 0.25) is 0 Å². The number of unbranched alkanes of at least 4 members (excludes halogenated alkanes) is 12. The number of hydrogen-bond donors (Lipinski definition) is 1. The van der Waals surface area contributed by atoms with Gasteiger partial charge in [0.15, 0.2) is 6.29 Å². The molecule has 0 aliphatic rings. The molecule has 0 saturated carbocycles. The number of para-hydroxylation sites is 1. The van der Waals surface area contributed by atoms with Crippen LogP contribution in [0.25, 0.3) is 0 Å². The molecule has 0 amide bonds. The number of aliphatic hydroxyl groups is 1. The van der Waals surface area contributed by atoms with Crippen LogP contribution in [0.4, 0.5) is 0 Å². The SMILES string of the molecule is CCCCCCCCCCCCCCCC(O)Oc1ccccc1CC. The third-order valence-electron chi connectivity index (χ3n) is 5.17. The first kappa shape index (κ1) is 23.0. The Balaban J connectivity index is 1.91. The lowest BCUT2D eigenvalue weighted by molar-refractivity contribution is -0.0252. The van der Waals surface area contributed by atoms with Gasteiger partial charge in [-0.2, -0.15) is 0 Å². The predicted molar refractivity (Wildman–Crippen MR) is 113 cm³/mol. The molecular formula is C24H42O2. The van der Waals surface area contributed by atoms with E-state index < -0.39 is 6.29 Å². The fourth-order valence-electron chi connectivity index (χ4n) is 3.45. The van der Waals surface area contributed by atoms with Crippen molar-refractivity contribution in [2.24, 2.45) is 0 Å². The van der Waals surface area contributed by atoms with Crippen molar-refractivity contribution >= 4 is 0 Å². The first-order valence-electron chi connectivity index (χ1n) is 11.2. The number of aryl methyl sites for hydroxylation is 1. The molecule has 1 atom stereocenters. The molecule has 1 unspecified atom stereocenters. The summed E-state index contributed by atoms with van der Waals surface area (Å²) in [6.07, 6.45) is 18.5. The third-order valence-corrected chi connectivity index (χ3v) is 5.17. The van der Waals surface area contributed by atoms with Crippen molar-refractivity contribution in [1.82, 2.24) is 0 Å². The maximum absolute atomic E-state index is 10.1. The molecule has 0 aromatic heterocycles. The Hall–Kier alpha value is -1.02. The summed E-state index contributed by atoms with van der Waals surface area (Å²) in [5.41, 5.74) is 1.16. The summed E-state index contributed by atoms with van der Waals surface area (Å²) in [7, 11) is 0. The number of ether oxygens (including phenoxy) is 1. The van der Waals surface area contributed by atoms with Crippen molar-refractivity contribution in [2.45, 2.75) is 116 Å². The minimum absolute atomic E-state index is 0.671. The van der Waals surface area contributed by atoms with Crippen LogP contribution in [-0.4, -0.2) is 11.4 Å². The first-order valence-corrected chi connectivity index (χ1v) is 11.2. The van der Waals surface area contributed by atoms with Gasteiger partial charge in [0.05, 0.1) is 0 Å². The topological polar surface area (TPSA) is 29.5 Å². The third kappa shape index (κ3) is 11.6. The van der Waals surface area contributed by atoms with E-state index in [9.17, 15) is 5.11 Å². The Kier molecular flexibility index (Phi) is 14.3. The van der Waals surface area contributed by atoms with Crippen molar-refractivity contribution in [1.29, 1.82) is 0 Å². The molecular weight excluding hydrogens is 320 g/mol. The zero-order valence-corrected chi connectivity index (χ0v) is 17.3. The van der Waals surface area contributed by atoms with Crippen LogP contribution in [0.15, 0.2) is 24.3 Å². The largest absolute Gasteiger partial charge is 0.465 e. The van der Waals surface area contributed by atoms with Crippen molar-refractivity contribution in [3.63, 3.8) is 0 Å². The van der Waals surface area contributed by atoms with Gasteiger partial charge >= 0.3 is 0 Å². The van der Waals surface area contributed by atoms with Gasteiger partial charge in [0.2, 0.25) is 0 Å². The van der Waals surface area contributed by atoms with Gasteiger partial charge in [-0.05, 0) is 24.5 Å². The van der Waals surface area contributed by atoms with Crippen LogP contribution in [-0.2, 0) is 6.42 Å². The molecule has 0 heterocycles. The summed E-state index contributed by atoms with van der Waals surface area (Å²) < 4.78 is 5.70. The highest BCUT2D eigenvalue weighted by Gasteiger charge is 2.08. The second kappa shape index (κ2) is 16.2. The van der Waals surface area contributed by atoms with Crippen LogP contribution in [0.5, 0.6) is 5.75 Å². The van der Waals surface area contributed by atoms with Gasteiger partial charge in [-0.25, -0.2) is 0 Å². The normalized spacial score (nSPS) is 12.3. The van der Waals surface area contributed by atoms with Crippen molar-refractivity contribution in [2.75, 3.05) is 0 Å². The van der Waals surface area contributed by atoms with Gasteiger partial charge in [0.25, 0.3) is 0 Å². The highest BCUT2D eigenvalue weighted by atomic mass is 16.6. The molecule has 0 aliphatic carbocycles. The average Bonchev–Trinajstić information content (AvgIpc) is 2.66. The minimum Gasteiger partial charge on any atom is -0.465 e. The fraction of sp³-hybridized carbons (Fsp3) is 0.750. The van der Waals surface area contributed by atoms with E-state index in [1.807, 2.05) is 18.2 Å². The second-order valence-corrected chi connectivity index (χ2v) is 7.57. The molecule has 2 heteroatoms. The molecule has 0 bridgehead atoms. The van der Waals surface area contributed by atoms with E-state index in [4.69, 9.17) is 4.74 Å². The molecule has 1 aromatic carbocycles. The van der Waals surface area contributed by atoms with Crippen LogP contribution >= 0.6 is 0 Å². The molecule has 1 N–H and O–H groups in total. The lowest BCUT2D eigenvalue weighted by Gasteiger charge is -2.15. The minimum atomic E-state index is -0.671. The summed E-state index contributed by atoms with van der Waals surface area (Å²) in [5, 5.41) is 10.1. The zero-order chi connectivity index (χ0) is 18.9. The van der Waals surface area contributed by atoms with E-state index in [0.717, 1.165) is 30.6 Å². The Morgan fingerprint density at radius 1 is 0.731 bits per heavy atom. The van der Waals surface area contributed by atoms with Gasteiger partial charge in [-0.1, -0.05) is 109 Å². The number of benzene rings is 1. The number of hydrogen-bond acceptors (Lipinski definition) is 2. The van der Waals surface area contributed by atoms with Gasteiger partial charge in [0, 0.05) is 6.42 Å². The Labute approximate surface area is 162 Å². The number of rotatable bonds is 17. The summed E-state index contributed by atoms with van der Waals surface area (Å²) in [6, 6.07) is 8.00. The Bertz CT molecular complexity index is 430. The van der Waals surface area contributed by atoms with E-state index in [1.165, 1.54) is 77.0 Å². The second-order valence-electron chi connectivity index (χ2n) is 7.57. The van der Waals surface area contributed by atoms with Crippen LogP contribution in [0, 0.1) is 0 Å². The molecule has 2 nitrogen and oxygen atoms in total. The molecule has 0 spiro atoms. The van der Waals surface area contributed by atoms with E-state index in [1.54, 1.807) is 0 Å². The van der Waals surface area contributed by atoms with Crippen LogP contribution in [0.1, 0.15) is 109 Å². The van der Waals surface area contributed by atoms with Gasteiger partial charge < -0.3 is 9.84 Å². The molecule has 1 aromatic rings. The van der Waals surface area contributed by atoms with E-state index >= 15 is 0 Å². The quantitative estimate of drug-likeness (QED) is 0.231. The predicted octanol–water partition coefficient (Wildman–Crippen LogP) is 7.43. The molecule has 1 rings (SSSR count). The highest BCUT2D eigenvalue weighted by Crippen LogP contribution is 2.21. The van der Waals surface area contributed by atoms with Crippen LogP contribution < -0.4 is 4.74 Å². The molecule has 0 fully saturated rings. The maximum Gasteiger partial charge on any atom is 0.197 e. The standard InChI is InChI=1S/C24H42O2/c1-3-5-6-7-8-9-10-11-12-13-14-15-16-21-24(25)26-23-20-18-17-19-22(23)4-2/h17-20,24-25H,3-16,21H2,1-2H3. The molecule has 150 valence electrons. The molecule has 0 radical (unpaired) electrons. The van der Waals surface area contributed by atoms with E-state index in [2.05, 4.69) is 19.9 Å². The summed E-state index contributed by atoms with van der Waals surface area (Å²) in [5.74, 6) is 0.831. The monoisotopic (exact) mass is 362 g/mol. The molecule has 26 heavy (non-hydrogen) atoms. The maximum atomic E-state index is 10.1. The first-order chi connectivity index (χ1) is 12.8.